The molecule has 0 saturated heterocycles. The monoisotopic (exact) mass is 180 g/mol. The highest BCUT2D eigenvalue weighted by molar-refractivity contribution is 5.58. The summed E-state index contributed by atoms with van der Waals surface area (Å²) in [6.07, 6.45) is 2.21. The zero-order chi connectivity index (χ0) is 9.42. The largest absolute Gasteiger partial charge is 0.382 e. The minimum Gasteiger partial charge on any atom is -0.382 e. The Morgan fingerprint density at radius 2 is 2.31 bits per heavy atom. The number of nitrogens with two attached hydrogens (primary N) is 1. The van der Waals surface area contributed by atoms with Crippen molar-refractivity contribution >= 4 is 11.6 Å². The van der Waals surface area contributed by atoms with Crippen LogP contribution in [0.1, 0.15) is 31.9 Å². The van der Waals surface area contributed by atoms with Crippen LogP contribution in [-0.2, 0) is 6.42 Å². The molecule has 0 bridgehead atoms. The molecule has 0 spiro atoms. The van der Waals surface area contributed by atoms with Crippen molar-refractivity contribution in [3.05, 3.63) is 5.56 Å². The molecule has 2 rings (SSSR count). The molecule has 0 amide bonds. The van der Waals surface area contributed by atoms with E-state index in [4.69, 9.17) is 5.73 Å². The van der Waals surface area contributed by atoms with Gasteiger partial charge in [-0.3, -0.25) is 0 Å². The molecule has 1 aliphatic heterocycles. The summed E-state index contributed by atoms with van der Waals surface area (Å²) in [7, 11) is 0. The summed E-state index contributed by atoms with van der Waals surface area (Å²) in [6, 6.07) is 0.372. The molecule has 0 saturated carbocycles. The number of anilines is 2. The van der Waals surface area contributed by atoms with Gasteiger partial charge in [0.2, 0.25) is 0 Å². The summed E-state index contributed by atoms with van der Waals surface area (Å²) in [4.78, 5) is 0. The Balaban J connectivity index is 2.47. The lowest BCUT2D eigenvalue weighted by Gasteiger charge is -2.17. The fraction of sp³-hybridized carbons (Fsp3) is 0.667. The fourth-order valence-corrected chi connectivity index (χ4v) is 1.77. The maximum atomic E-state index is 5.83. The number of fused-ring (bicyclic) bond motifs is 1. The third-order valence-corrected chi connectivity index (χ3v) is 2.42. The van der Waals surface area contributed by atoms with Crippen LogP contribution in [0.25, 0.3) is 0 Å². The van der Waals surface area contributed by atoms with Crippen molar-refractivity contribution in [2.24, 2.45) is 0 Å². The lowest BCUT2D eigenvalue weighted by Crippen LogP contribution is -2.16. The van der Waals surface area contributed by atoms with Crippen molar-refractivity contribution in [2.45, 2.75) is 32.7 Å². The minimum atomic E-state index is 0.372. The van der Waals surface area contributed by atoms with Gasteiger partial charge in [-0.2, -0.15) is 5.10 Å². The molecule has 1 aromatic heterocycles. The van der Waals surface area contributed by atoms with E-state index >= 15 is 0 Å². The quantitative estimate of drug-likeness (QED) is 0.687. The molecular weight excluding hydrogens is 164 g/mol. The van der Waals surface area contributed by atoms with Crippen molar-refractivity contribution in [3.63, 3.8) is 0 Å². The van der Waals surface area contributed by atoms with Crippen LogP contribution >= 0.6 is 0 Å². The van der Waals surface area contributed by atoms with Gasteiger partial charge in [0.05, 0.1) is 0 Å². The zero-order valence-electron chi connectivity index (χ0n) is 8.17. The molecule has 72 valence electrons. The molecule has 0 atom stereocenters. The first-order valence-corrected chi connectivity index (χ1v) is 4.81. The molecule has 0 radical (unpaired) electrons. The van der Waals surface area contributed by atoms with Crippen LogP contribution in [0.5, 0.6) is 0 Å². The Kier molecular flexibility index (Phi) is 1.90. The van der Waals surface area contributed by atoms with Crippen molar-refractivity contribution < 1.29 is 0 Å². The molecule has 13 heavy (non-hydrogen) atoms. The predicted octanol–water partition coefficient (Wildman–Crippen LogP) is 1.40. The van der Waals surface area contributed by atoms with Gasteiger partial charge in [-0.25, -0.2) is 4.68 Å². The first-order valence-electron chi connectivity index (χ1n) is 4.81. The standard InChI is InChI=1S/C9H16N4/c1-6(2)13-9-7(8(10)12-13)4-3-5-11-9/h6,11H,3-5H2,1-2H3,(H2,10,12). The Morgan fingerprint density at radius 3 is 3.00 bits per heavy atom. The molecule has 1 aromatic rings. The van der Waals surface area contributed by atoms with Gasteiger partial charge in [0.25, 0.3) is 0 Å². The molecule has 4 heteroatoms. The van der Waals surface area contributed by atoms with Crippen LogP contribution < -0.4 is 11.1 Å². The van der Waals surface area contributed by atoms with Crippen molar-refractivity contribution in [1.29, 1.82) is 0 Å². The van der Waals surface area contributed by atoms with Crippen LogP contribution in [0.4, 0.5) is 11.6 Å². The molecule has 0 unspecified atom stereocenters. The number of nitrogen functional groups attached to an aromatic ring is 1. The number of aromatic nitrogens is 2. The topological polar surface area (TPSA) is 55.9 Å². The van der Waals surface area contributed by atoms with Gasteiger partial charge < -0.3 is 11.1 Å². The van der Waals surface area contributed by atoms with Crippen LogP contribution in [0.2, 0.25) is 0 Å². The van der Waals surface area contributed by atoms with E-state index in [0.717, 1.165) is 25.2 Å². The van der Waals surface area contributed by atoms with Gasteiger partial charge in [-0.05, 0) is 26.7 Å². The maximum Gasteiger partial charge on any atom is 0.150 e. The molecule has 1 aliphatic rings. The summed E-state index contributed by atoms with van der Waals surface area (Å²) in [5.41, 5.74) is 7.02. The van der Waals surface area contributed by atoms with Crippen LogP contribution in [-0.4, -0.2) is 16.3 Å². The van der Waals surface area contributed by atoms with Gasteiger partial charge >= 0.3 is 0 Å². The maximum absolute atomic E-state index is 5.83. The summed E-state index contributed by atoms with van der Waals surface area (Å²) in [5.74, 6) is 1.81. The Bertz CT molecular complexity index is 314. The molecular formula is C9H16N4. The van der Waals surface area contributed by atoms with E-state index in [9.17, 15) is 0 Å². The van der Waals surface area contributed by atoms with E-state index in [0.29, 0.717) is 11.9 Å². The number of hydrogen-bond acceptors (Lipinski definition) is 3. The van der Waals surface area contributed by atoms with Gasteiger partial charge in [0.1, 0.15) is 5.82 Å². The molecule has 0 aromatic carbocycles. The second-order valence-electron chi connectivity index (χ2n) is 3.78. The average Bonchev–Trinajstić information content (AvgIpc) is 2.45. The number of hydrogen-bond donors (Lipinski definition) is 2. The van der Waals surface area contributed by atoms with E-state index in [1.54, 1.807) is 0 Å². The van der Waals surface area contributed by atoms with E-state index in [1.807, 2.05) is 4.68 Å². The van der Waals surface area contributed by atoms with E-state index < -0.39 is 0 Å². The van der Waals surface area contributed by atoms with E-state index in [2.05, 4.69) is 24.3 Å². The highest BCUT2D eigenvalue weighted by atomic mass is 15.4. The molecule has 3 N–H and O–H groups in total. The second kappa shape index (κ2) is 2.94. The summed E-state index contributed by atoms with van der Waals surface area (Å²) < 4.78 is 1.98. The number of rotatable bonds is 1. The summed E-state index contributed by atoms with van der Waals surface area (Å²) in [5, 5.41) is 7.68. The zero-order valence-corrected chi connectivity index (χ0v) is 8.17. The highest BCUT2D eigenvalue weighted by Gasteiger charge is 2.19. The predicted molar refractivity (Wildman–Crippen MR) is 53.8 cm³/mol. The van der Waals surface area contributed by atoms with Crippen molar-refractivity contribution in [1.82, 2.24) is 9.78 Å². The van der Waals surface area contributed by atoms with Crippen molar-refractivity contribution in [2.75, 3.05) is 17.6 Å². The van der Waals surface area contributed by atoms with E-state index in [-0.39, 0.29) is 0 Å². The normalized spacial score (nSPS) is 15.6. The third kappa shape index (κ3) is 1.26. The van der Waals surface area contributed by atoms with Gasteiger partial charge in [-0.15, -0.1) is 0 Å². The lowest BCUT2D eigenvalue weighted by molar-refractivity contribution is 0.537. The molecule has 0 aliphatic carbocycles. The smallest absolute Gasteiger partial charge is 0.150 e. The molecule has 0 fully saturated rings. The second-order valence-corrected chi connectivity index (χ2v) is 3.78. The average molecular weight is 180 g/mol. The summed E-state index contributed by atoms with van der Waals surface area (Å²) >= 11 is 0. The van der Waals surface area contributed by atoms with Crippen molar-refractivity contribution in [3.8, 4) is 0 Å². The molecule has 2 heterocycles. The van der Waals surface area contributed by atoms with E-state index in [1.165, 1.54) is 5.56 Å². The Hall–Kier alpha value is -1.19. The van der Waals surface area contributed by atoms with Gasteiger partial charge in [0, 0.05) is 18.2 Å². The lowest BCUT2D eigenvalue weighted by atomic mass is 10.1. The van der Waals surface area contributed by atoms with Gasteiger partial charge in [0.15, 0.2) is 5.82 Å². The first kappa shape index (κ1) is 8.41. The molecule has 4 nitrogen and oxygen atoms in total. The van der Waals surface area contributed by atoms with Crippen LogP contribution in [0, 0.1) is 0 Å². The highest BCUT2D eigenvalue weighted by Crippen LogP contribution is 2.29. The number of nitrogens with one attached hydrogen (secondary N) is 1. The first-order chi connectivity index (χ1) is 6.20. The Morgan fingerprint density at radius 1 is 1.54 bits per heavy atom. The number of nitrogens with zero attached hydrogens (tertiary/aromatic N) is 2. The minimum absolute atomic E-state index is 0.372. The third-order valence-electron chi connectivity index (χ3n) is 2.42. The Labute approximate surface area is 78.1 Å². The van der Waals surface area contributed by atoms with Crippen LogP contribution in [0.3, 0.4) is 0 Å². The van der Waals surface area contributed by atoms with Crippen LogP contribution in [0.15, 0.2) is 0 Å². The fourth-order valence-electron chi connectivity index (χ4n) is 1.77. The SMILES string of the molecule is CC(C)n1nc(N)c2c1NCCC2. The van der Waals surface area contributed by atoms with Gasteiger partial charge in [-0.1, -0.05) is 0 Å². The summed E-state index contributed by atoms with van der Waals surface area (Å²) in [6.45, 7) is 5.26.